The van der Waals surface area contributed by atoms with Gasteiger partial charge in [-0.05, 0) is 73.7 Å². The summed E-state index contributed by atoms with van der Waals surface area (Å²) >= 11 is 6.11. The molecule has 2 aromatic carbocycles. The lowest BCUT2D eigenvalue weighted by atomic mass is 9.92. The van der Waals surface area contributed by atoms with Gasteiger partial charge in [-0.25, -0.2) is 4.98 Å². The number of aromatic nitrogens is 2. The van der Waals surface area contributed by atoms with Crippen molar-refractivity contribution < 1.29 is 14.3 Å². The highest BCUT2D eigenvalue weighted by molar-refractivity contribution is 6.33. The van der Waals surface area contributed by atoms with Crippen molar-refractivity contribution in [2.75, 3.05) is 24.9 Å². The van der Waals surface area contributed by atoms with E-state index in [4.69, 9.17) is 26.1 Å². The standard InChI is InChI=1S/C27H25ClN4O3/c1-34-23-12-10-17(15-24(23)35-2)30-25-18-6-3-4-8-21(18)32-22-11-9-16(14-20(22)25)31-27(33)19-7-5-13-29-26(19)28/h5,7,9-15H,3-4,6,8H2,1-2H3,(H,30,32)(H,31,33). The maximum Gasteiger partial charge on any atom is 0.258 e. The second-order valence-electron chi connectivity index (χ2n) is 8.34. The number of halogens is 1. The Hall–Kier alpha value is -3.84. The van der Waals surface area contributed by atoms with Gasteiger partial charge in [0.15, 0.2) is 11.5 Å². The number of ether oxygens (including phenoxy) is 2. The van der Waals surface area contributed by atoms with E-state index in [9.17, 15) is 4.79 Å². The van der Waals surface area contributed by atoms with Crippen molar-refractivity contribution in [3.05, 3.63) is 76.7 Å². The van der Waals surface area contributed by atoms with Gasteiger partial charge in [0.05, 0.1) is 31.0 Å². The zero-order valence-electron chi connectivity index (χ0n) is 19.5. The van der Waals surface area contributed by atoms with Gasteiger partial charge in [0.25, 0.3) is 5.91 Å². The van der Waals surface area contributed by atoms with Crippen LogP contribution in [0.3, 0.4) is 0 Å². The Labute approximate surface area is 208 Å². The van der Waals surface area contributed by atoms with Crippen LogP contribution >= 0.6 is 11.6 Å². The lowest BCUT2D eigenvalue weighted by Gasteiger charge is -2.22. The van der Waals surface area contributed by atoms with Crippen LogP contribution in [0.1, 0.15) is 34.5 Å². The van der Waals surface area contributed by atoms with Gasteiger partial charge in [-0.1, -0.05) is 11.6 Å². The molecule has 35 heavy (non-hydrogen) atoms. The topological polar surface area (TPSA) is 85.4 Å². The lowest BCUT2D eigenvalue weighted by Crippen LogP contribution is -2.13. The summed E-state index contributed by atoms with van der Waals surface area (Å²) in [5.74, 6) is 0.993. The number of aryl methyl sites for hydroxylation is 1. The molecule has 0 fully saturated rings. The van der Waals surface area contributed by atoms with Crippen molar-refractivity contribution >= 4 is 45.5 Å². The molecule has 2 aromatic heterocycles. The molecule has 1 amide bonds. The molecule has 0 radical (unpaired) electrons. The summed E-state index contributed by atoms with van der Waals surface area (Å²) in [6.07, 6.45) is 5.67. The average Bonchev–Trinajstić information content (AvgIpc) is 2.88. The number of nitrogens with one attached hydrogen (secondary N) is 2. The fraction of sp³-hybridized carbons (Fsp3) is 0.222. The number of fused-ring (bicyclic) bond motifs is 2. The van der Waals surface area contributed by atoms with Crippen LogP contribution in [-0.2, 0) is 12.8 Å². The number of anilines is 3. The maximum atomic E-state index is 12.8. The first-order valence-corrected chi connectivity index (χ1v) is 11.8. The summed E-state index contributed by atoms with van der Waals surface area (Å²) in [5.41, 5.74) is 6.03. The highest BCUT2D eigenvalue weighted by atomic mass is 35.5. The molecule has 178 valence electrons. The molecule has 7 nitrogen and oxygen atoms in total. The zero-order valence-corrected chi connectivity index (χ0v) is 20.3. The first-order valence-electron chi connectivity index (χ1n) is 11.4. The molecule has 5 rings (SSSR count). The van der Waals surface area contributed by atoms with E-state index in [1.807, 2.05) is 36.4 Å². The summed E-state index contributed by atoms with van der Waals surface area (Å²) in [5, 5.41) is 7.63. The van der Waals surface area contributed by atoms with Gasteiger partial charge in [-0.2, -0.15) is 0 Å². The SMILES string of the molecule is COc1ccc(Nc2c3c(nc4ccc(NC(=O)c5cccnc5Cl)cc24)CCCC3)cc1OC. The lowest BCUT2D eigenvalue weighted by molar-refractivity contribution is 0.102. The summed E-state index contributed by atoms with van der Waals surface area (Å²) in [7, 11) is 3.24. The molecule has 0 saturated heterocycles. The number of carbonyl (C=O) groups is 1. The van der Waals surface area contributed by atoms with Gasteiger partial charge >= 0.3 is 0 Å². The molecule has 0 atom stereocenters. The highest BCUT2D eigenvalue weighted by Crippen LogP contribution is 2.38. The number of benzene rings is 2. The molecule has 1 aliphatic rings. The quantitative estimate of drug-likeness (QED) is 0.315. The van der Waals surface area contributed by atoms with E-state index in [1.165, 1.54) is 5.56 Å². The van der Waals surface area contributed by atoms with Crippen LogP contribution in [0.15, 0.2) is 54.7 Å². The summed E-state index contributed by atoms with van der Waals surface area (Å²) < 4.78 is 10.9. The number of amides is 1. The zero-order chi connectivity index (χ0) is 24.4. The van der Waals surface area contributed by atoms with Crippen molar-refractivity contribution in [1.82, 2.24) is 9.97 Å². The van der Waals surface area contributed by atoms with Gasteiger partial charge in [-0.15, -0.1) is 0 Å². The predicted molar refractivity (Wildman–Crippen MR) is 138 cm³/mol. The third-order valence-corrected chi connectivity index (χ3v) is 6.48. The number of methoxy groups -OCH3 is 2. The van der Waals surface area contributed by atoms with E-state index in [1.54, 1.807) is 32.5 Å². The van der Waals surface area contributed by atoms with Crippen LogP contribution in [0.4, 0.5) is 17.1 Å². The van der Waals surface area contributed by atoms with Crippen molar-refractivity contribution in [1.29, 1.82) is 0 Å². The van der Waals surface area contributed by atoms with E-state index in [0.717, 1.165) is 53.7 Å². The van der Waals surface area contributed by atoms with E-state index in [-0.39, 0.29) is 11.1 Å². The monoisotopic (exact) mass is 488 g/mol. The molecule has 8 heteroatoms. The molecule has 0 spiro atoms. The molecular formula is C27H25ClN4O3. The third kappa shape index (κ3) is 4.59. The fourth-order valence-electron chi connectivity index (χ4n) is 4.46. The van der Waals surface area contributed by atoms with Crippen LogP contribution in [0, 0.1) is 0 Å². The van der Waals surface area contributed by atoms with Gasteiger partial charge < -0.3 is 20.1 Å². The Kier molecular flexibility index (Phi) is 6.42. The van der Waals surface area contributed by atoms with Crippen molar-refractivity contribution in [2.45, 2.75) is 25.7 Å². The number of hydrogen-bond acceptors (Lipinski definition) is 6. The second kappa shape index (κ2) is 9.80. The van der Waals surface area contributed by atoms with Crippen molar-refractivity contribution in [3.8, 4) is 11.5 Å². The van der Waals surface area contributed by atoms with Gasteiger partial charge in [0.1, 0.15) is 5.15 Å². The normalized spacial score (nSPS) is 12.7. The Balaban J connectivity index is 1.57. The molecule has 0 aliphatic heterocycles. The largest absolute Gasteiger partial charge is 0.493 e. The minimum absolute atomic E-state index is 0.164. The van der Waals surface area contributed by atoms with E-state index < -0.39 is 0 Å². The van der Waals surface area contributed by atoms with Crippen LogP contribution in [-0.4, -0.2) is 30.1 Å². The fourth-order valence-corrected chi connectivity index (χ4v) is 4.66. The van der Waals surface area contributed by atoms with E-state index in [0.29, 0.717) is 22.7 Å². The molecule has 1 aliphatic carbocycles. The molecule has 0 unspecified atom stereocenters. The molecule has 0 bridgehead atoms. The second-order valence-corrected chi connectivity index (χ2v) is 8.70. The van der Waals surface area contributed by atoms with Gasteiger partial charge in [0, 0.05) is 34.7 Å². The van der Waals surface area contributed by atoms with Crippen LogP contribution < -0.4 is 20.1 Å². The first-order chi connectivity index (χ1) is 17.1. The molecule has 2 heterocycles. The summed E-state index contributed by atoms with van der Waals surface area (Å²) in [6, 6.07) is 14.8. The predicted octanol–water partition coefficient (Wildman–Crippen LogP) is 6.18. The molecular weight excluding hydrogens is 464 g/mol. The van der Waals surface area contributed by atoms with Crippen LogP contribution in [0.25, 0.3) is 10.9 Å². The Bertz CT molecular complexity index is 1420. The number of hydrogen-bond donors (Lipinski definition) is 2. The maximum absolute atomic E-state index is 12.8. The number of carbonyl (C=O) groups excluding carboxylic acids is 1. The Morgan fingerprint density at radius 2 is 1.77 bits per heavy atom. The minimum Gasteiger partial charge on any atom is -0.493 e. The Morgan fingerprint density at radius 3 is 2.57 bits per heavy atom. The Morgan fingerprint density at radius 1 is 0.971 bits per heavy atom. The van der Waals surface area contributed by atoms with Crippen molar-refractivity contribution in [3.63, 3.8) is 0 Å². The number of rotatable bonds is 6. The highest BCUT2D eigenvalue weighted by Gasteiger charge is 2.20. The van der Waals surface area contributed by atoms with Crippen LogP contribution in [0.5, 0.6) is 11.5 Å². The number of pyridine rings is 2. The van der Waals surface area contributed by atoms with Gasteiger partial charge in [0.2, 0.25) is 0 Å². The summed E-state index contributed by atoms with van der Waals surface area (Å²) in [4.78, 5) is 21.8. The molecule has 2 N–H and O–H groups in total. The molecule has 4 aromatic rings. The average molecular weight is 489 g/mol. The van der Waals surface area contributed by atoms with E-state index in [2.05, 4.69) is 15.6 Å². The summed E-state index contributed by atoms with van der Waals surface area (Å²) in [6.45, 7) is 0. The first kappa shape index (κ1) is 22.9. The van der Waals surface area contributed by atoms with Crippen LogP contribution in [0.2, 0.25) is 5.15 Å². The molecule has 0 saturated carbocycles. The number of nitrogens with zero attached hydrogens (tertiary/aromatic N) is 2. The third-order valence-electron chi connectivity index (χ3n) is 6.18. The van der Waals surface area contributed by atoms with E-state index >= 15 is 0 Å². The van der Waals surface area contributed by atoms with Crippen molar-refractivity contribution in [2.24, 2.45) is 0 Å². The van der Waals surface area contributed by atoms with Gasteiger partial charge in [-0.3, -0.25) is 9.78 Å². The minimum atomic E-state index is -0.317. The smallest absolute Gasteiger partial charge is 0.258 e.